The zero-order valence-corrected chi connectivity index (χ0v) is 9.38. The summed E-state index contributed by atoms with van der Waals surface area (Å²) in [7, 11) is 0. The summed E-state index contributed by atoms with van der Waals surface area (Å²) in [6.45, 7) is 6.05. The van der Waals surface area contributed by atoms with Gasteiger partial charge in [-0.3, -0.25) is 0 Å². The second-order valence-corrected chi connectivity index (χ2v) is 6.41. The number of carbonyl (C=O) groups excluding carboxylic acids is 1. The third-order valence-corrected chi connectivity index (χ3v) is 5.28. The molecule has 0 amide bonds. The minimum atomic E-state index is -0.323. The molecule has 1 fully saturated rings. The van der Waals surface area contributed by atoms with Crippen molar-refractivity contribution in [2.24, 2.45) is 0 Å². The fourth-order valence-corrected chi connectivity index (χ4v) is 3.92. The average molecular weight is 218 g/mol. The smallest absolute Gasteiger partial charge is 0.330 e. The number of thioether (sulfide) groups is 2. The predicted octanol–water partition coefficient (Wildman–Crippen LogP) is 2.30. The Labute approximate surface area is 87.5 Å². The maximum Gasteiger partial charge on any atom is 0.330 e. The molecule has 1 aliphatic rings. The summed E-state index contributed by atoms with van der Waals surface area (Å²) in [5.41, 5.74) is 0. The molecule has 0 N–H and O–H groups in total. The van der Waals surface area contributed by atoms with Crippen LogP contribution >= 0.6 is 23.5 Å². The zero-order valence-electron chi connectivity index (χ0n) is 7.75. The van der Waals surface area contributed by atoms with Crippen LogP contribution in [0.2, 0.25) is 0 Å². The van der Waals surface area contributed by atoms with Gasteiger partial charge in [-0.2, -0.15) is 0 Å². The third kappa shape index (κ3) is 3.65. The van der Waals surface area contributed by atoms with Gasteiger partial charge in [-0.15, -0.1) is 23.5 Å². The van der Waals surface area contributed by atoms with Crippen LogP contribution in [0.3, 0.4) is 0 Å². The van der Waals surface area contributed by atoms with E-state index in [1.807, 2.05) is 23.5 Å². The number of hydrogen-bond acceptors (Lipinski definition) is 4. The summed E-state index contributed by atoms with van der Waals surface area (Å²) in [5, 5.41) is 0. The lowest BCUT2D eigenvalue weighted by atomic mass is 10.3. The van der Waals surface area contributed by atoms with Gasteiger partial charge >= 0.3 is 5.97 Å². The highest BCUT2D eigenvalue weighted by Gasteiger charge is 2.29. The van der Waals surface area contributed by atoms with E-state index in [9.17, 15) is 4.79 Å². The van der Waals surface area contributed by atoms with Crippen LogP contribution in [0.4, 0.5) is 0 Å². The summed E-state index contributed by atoms with van der Waals surface area (Å²) in [6.07, 6.45) is 2.12. The van der Waals surface area contributed by atoms with Crippen LogP contribution in [0.25, 0.3) is 0 Å². The van der Waals surface area contributed by atoms with Crippen molar-refractivity contribution in [3.8, 4) is 0 Å². The van der Waals surface area contributed by atoms with Crippen molar-refractivity contribution in [3.05, 3.63) is 12.7 Å². The second-order valence-electron chi connectivity index (χ2n) is 2.95. The van der Waals surface area contributed by atoms with Crippen molar-refractivity contribution in [3.63, 3.8) is 0 Å². The Kier molecular flexibility index (Phi) is 4.19. The molecule has 1 heterocycles. The molecular weight excluding hydrogens is 204 g/mol. The van der Waals surface area contributed by atoms with Crippen molar-refractivity contribution < 1.29 is 9.53 Å². The van der Waals surface area contributed by atoms with Crippen molar-refractivity contribution in [2.75, 3.05) is 18.1 Å². The van der Waals surface area contributed by atoms with Crippen molar-refractivity contribution in [1.29, 1.82) is 0 Å². The molecule has 4 heteroatoms. The van der Waals surface area contributed by atoms with Gasteiger partial charge in [-0.05, 0) is 6.92 Å². The Bertz CT molecular complexity index is 198. The molecule has 0 aromatic carbocycles. The lowest BCUT2D eigenvalue weighted by Crippen LogP contribution is -2.16. The van der Waals surface area contributed by atoms with Crippen LogP contribution in [-0.2, 0) is 9.53 Å². The highest BCUT2D eigenvalue weighted by atomic mass is 32.2. The Morgan fingerprint density at radius 2 is 2.23 bits per heavy atom. The number of hydrogen-bond donors (Lipinski definition) is 0. The summed E-state index contributed by atoms with van der Waals surface area (Å²) in [5.74, 6) is 2.09. The standard InChI is InChI=1S/C9H14O2S2/c1-3-8(10)11-5-4-9(2)12-6-7-13-9/h3H,1,4-7H2,2H3. The molecule has 74 valence electrons. The first-order chi connectivity index (χ1) is 6.16. The van der Waals surface area contributed by atoms with Crippen LogP contribution in [0, 0.1) is 0 Å². The van der Waals surface area contributed by atoms with E-state index in [1.54, 1.807) is 0 Å². The minimum absolute atomic E-state index is 0.251. The molecule has 0 aromatic rings. The molecule has 1 rings (SSSR count). The van der Waals surface area contributed by atoms with Crippen LogP contribution in [0.1, 0.15) is 13.3 Å². The maximum atomic E-state index is 10.7. The van der Waals surface area contributed by atoms with Gasteiger partial charge in [0.2, 0.25) is 0 Å². The molecule has 0 aliphatic carbocycles. The molecule has 13 heavy (non-hydrogen) atoms. The normalized spacial score (nSPS) is 19.8. The summed E-state index contributed by atoms with van der Waals surface area (Å²) in [4.78, 5) is 10.7. The van der Waals surface area contributed by atoms with Crippen LogP contribution in [0.5, 0.6) is 0 Å². The zero-order chi connectivity index (χ0) is 9.73. The third-order valence-electron chi connectivity index (χ3n) is 1.87. The number of carbonyl (C=O) groups is 1. The lowest BCUT2D eigenvalue weighted by molar-refractivity contribution is -0.137. The molecule has 0 atom stereocenters. The lowest BCUT2D eigenvalue weighted by Gasteiger charge is -2.20. The van der Waals surface area contributed by atoms with Crippen molar-refractivity contribution >= 4 is 29.5 Å². The topological polar surface area (TPSA) is 26.3 Å². The molecule has 1 saturated heterocycles. The minimum Gasteiger partial charge on any atom is -0.462 e. The quantitative estimate of drug-likeness (QED) is 0.534. The van der Waals surface area contributed by atoms with E-state index in [-0.39, 0.29) is 10.0 Å². The monoisotopic (exact) mass is 218 g/mol. The first-order valence-corrected chi connectivity index (χ1v) is 6.20. The Balaban J connectivity index is 2.18. The van der Waals surface area contributed by atoms with Gasteiger partial charge in [-0.25, -0.2) is 4.79 Å². The predicted molar refractivity (Wildman–Crippen MR) is 59.1 cm³/mol. The van der Waals surface area contributed by atoms with Gasteiger partial charge in [0.25, 0.3) is 0 Å². The van der Waals surface area contributed by atoms with Gasteiger partial charge in [-0.1, -0.05) is 6.58 Å². The van der Waals surface area contributed by atoms with Crippen LogP contribution in [0.15, 0.2) is 12.7 Å². The first-order valence-electron chi connectivity index (χ1n) is 4.23. The van der Waals surface area contributed by atoms with E-state index in [0.717, 1.165) is 6.42 Å². The molecule has 0 aromatic heterocycles. The number of ether oxygens (including phenoxy) is 1. The van der Waals surface area contributed by atoms with E-state index in [0.29, 0.717) is 6.61 Å². The average Bonchev–Trinajstić information content (AvgIpc) is 2.52. The van der Waals surface area contributed by atoms with Crippen LogP contribution < -0.4 is 0 Å². The van der Waals surface area contributed by atoms with Crippen molar-refractivity contribution in [2.45, 2.75) is 17.4 Å². The number of esters is 1. The Morgan fingerprint density at radius 3 is 2.77 bits per heavy atom. The Hall–Kier alpha value is -0.0900. The second kappa shape index (κ2) is 4.96. The van der Waals surface area contributed by atoms with E-state index in [1.165, 1.54) is 17.6 Å². The fraction of sp³-hybridized carbons (Fsp3) is 0.667. The molecule has 0 unspecified atom stereocenters. The molecule has 1 aliphatic heterocycles. The maximum absolute atomic E-state index is 10.7. The molecular formula is C9H14O2S2. The molecule has 0 radical (unpaired) electrons. The summed E-state index contributed by atoms with van der Waals surface area (Å²) in [6, 6.07) is 0. The van der Waals surface area contributed by atoms with Crippen LogP contribution in [-0.4, -0.2) is 28.2 Å². The van der Waals surface area contributed by atoms with E-state index < -0.39 is 0 Å². The SMILES string of the molecule is C=CC(=O)OCCC1(C)SCCS1. The van der Waals surface area contributed by atoms with Crippen molar-refractivity contribution in [1.82, 2.24) is 0 Å². The molecule has 0 bridgehead atoms. The fourth-order valence-electron chi connectivity index (χ4n) is 1.10. The summed E-state index contributed by atoms with van der Waals surface area (Å²) < 4.78 is 5.19. The molecule has 2 nitrogen and oxygen atoms in total. The number of rotatable bonds is 4. The highest BCUT2D eigenvalue weighted by molar-refractivity contribution is 8.21. The van der Waals surface area contributed by atoms with Gasteiger partial charge in [0.15, 0.2) is 0 Å². The molecule has 0 spiro atoms. The van der Waals surface area contributed by atoms with E-state index in [4.69, 9.17) is 4.74 Å². The van der Waals surface area contributed by atoms with E-state index in [2.05, 4.69) is 13.5 Å². The largest absolute Gasteiger partial charge is 0.462 e. The van der Waals surface area contributed by atoms with Gasteiger partial charge < -0.3 is 4.74 Å². The Morgan fingerprint density at radius 1 is 1.62 bits per heavy atom. The van der Waals surface area contributed by atoms with Gasteiger partial charge in [0.1, 0.15) is 0 Å². The van der Waals surface area contributed by atoms with Gasteiger partial charge in [0, 0.05) is 24.0 Å². The summed E-state index contributed by atoms with van der Waals surface area (Å²) >= 11 is 3.90. The highest BCUT2D eigenvalue weighted by Crippen LogP contribution is 2.45. The first kappa shape index (κ1) is 11.0. The molecule has 0 saturated carbocycles. The van der Waals surface area contributed by atoms with Gasteiger partial charge in [0.05, 0.1) is 10.7 Å². The van der Waals surface area contributed by atoms with E-state index >= 15 is 0 Å².